The number of halogens is 2. The van der Waals surface area contributed by atoms with Crippen LogP contribution in [0.1, 0.15) is 24.2 Å². The molecule has 1 aromatic rings. The van der Waals surface area contributed by atoms with E-state index in [1.165, 1.54) is 18.2 Å². The van der Waals surface area contributed by atoms with Crippen LogP contribution in [0.15, 0.2) is 18.2 Å². The Kier molecular flexibility index (Phi) is 4.24. The molecule has 0 aliphatic heterocycles. The molecule has 0 saturated carbocycles. The predicted molar refractivity (Wildman–Crippen MR) is 56.8 cm³/mol. The Labute approximate surface area is 93.0 Å². The summed E-state index contributed by atoms with van der Waals surface area (Å²) in [6, 6.07) is 4.33. The Hall–Kier alpha value is -0.930. The van der Waals surface area contributed by atoms with Gasteiger partial charge in [0.15, 0.2) is 11.6 Å². The Morgan fingerprint density at radius 1 is 1.53 bits per heavy atom. The fourth-order valence-electron chi connectivity index (χ4n) is 1.04. The summed E-state index contributed by atoms with van der Waals surface area (Å²) in [6.45, 7) is 3.48. The van der Waals surface area contributed by atoms with E-state index in [1.807, 2.05) is 13.8 Å². The lowest BCUT2D eigenvalue weighted by atomic mass is 10.1. The molecule has 0 N–H and O–H groups in total. The topological polar surface area (TPSA) is 26.3 Å². The summed E-state index contributed by atoms with van der Waals surface area (Å²) in [5.74, 6) is -1.08. The van der Waals surface area contributed by atoms with Crippen molar-refractivity contribution in [3.8, 4) is 0 Å². The van der Waals surface area contributed by atoms with Gasteiger partial charge in [-0.05, 0) is 26.0 Å². The van der Waals surface area contributed by atoms with Crippen molar-refractivity contribution in [3.05, 3.63) is 34.6 Å². The zero-order valence-electron chi connectivity index (χ0n) is 8.59. The molecular formula is C11H12ClFO2. The summed E-state index contributed by atoms with van der Waals surface area (Å²) in [5, 5.41) is -0.0506. The lowest BCUT2D eigenvalue weighted by Crippen LogP contribution is -2.14. The Morgan fingerprint density at radius 3 is 2.80 bits per heavy atom. The van der Waals surface area contributed by atoms with Gasteiger partial charge in [0.05, 0.1) is 16.7 Å². The molecule has 0 aromatic heterocycles. The first-order chi connectivity index (χ1) is 7.02. The van der Waals surface area contributed by atoms with Gasteiger partial charge in [-0.25, -0.2) is 4.39 Å². The normalized spacial score (nSPS) is 10.7. The lowest BCUT2D eigenvalue weighted by molar-refractivity contribution is 0.0581. The third-order valence-electron chi connectivity index (χ3n) is 1.80. The average Bonchev–Trinajstić information content (AvgIpc) is 2.18. The van der Waals surface area contributed by atoms with Gasteiger partial charge >= 0.3 is 0 Å². The third-order valence-corrected chi connectivity index (χ3v) is 2.09. The van der Waals surface area contributed by atoms with Crippen molar-refractivity contribution < 1.29 is 13.9 Å². The Balaban J connectivity index is 2.78. The van der Waals surface area contributed by atoms with Gasteiger partial charge in [-0.2, -0.15) is 0 Å². The van der Waals surface area contributed by atoms with E-state index in [4.69, 9.17) is 16.3 Å². The van der Waals surface area contributed by atoms with Gasteiger partial charge in [0.2, 0.25) is 0 Å². The highest BCUT2D eigenvalue weighted by molar-refractivity contribution is 6.31. The summed E-state index contributed by atoms with van der Waals surface area (Å²) in [7, 11) is 0. The summed E-state index contributed by atoms with van der Waals surface area (Å²) in [5.41, 5.74) is -0.0249. The summed E-state index contributed by atoms with van der Waals surface area (Å²) < 4.78 is 18.5. The van der Waals surface area contributed by atoms with E-state index < -0.39 is 11.6 Å². The molecule has 1 rings (SSSR count). The first-order valence-electron chi connectivity index (χ1n) is 4.61. The molecule has 0 bridgehead atoms. The first-order valence-corrected chi connectivity index (χ1v) is 4.99. The van der Waals surface area contributed by atoms with Gasteiger partial charge in [0.25, 0.3) is 0 Å². The van der Waals surface area contributed by atoms with E-state index in [0.29, 0.717) is 0 Å². The van der Waals surface area contributed by atoms with Crippen LogP contribution in [-0.2, 0) is 4.74 Å². The fourth-order valence-corrected chi connectivity index (χ4v) is 1.21. The second-order valence-electron chi connectivity index (χ2n) is 3.38. The number of Topliss-reactive ketones (excluding diaryl/α,β-unsaturated/α-hetero) is 1. The van der Waals surface area contributed by atoms with Crippen molar-refractivity contribution in [2.45, 2.75) is 20.0 Å². The molecule has 0 atom stereocenters. The highest BCUT2D eigenvalue weighted by Crippen LogP contribution is 2.18. The number of ketones is 1. The van der Waals surface area contributed by atoms with Crippen molar-refractivity contribution in [2.24, 2.45) is 0 Å². The second-order valence-corrected chi connectivity index (χ2v) is 3.79. The minimum absolute atomic E-state index is 0.0249. The van der Waals surface area contributed by atoms with Crippen molar-refractivity contribution >= 4 is 17.4 Å². The minimum Gasteiger partial charge on any atom is -0.371 e. The summed E-state index contributed by atoms with van der Waals surface area (Å²) in [6.07, 6.45) is -0.0591. The molecule has 1 aromatic carbocycles. The van der Waals surface area contributed by atoms with Crippen molar-refractivity contribution in [2.75, 3.05) is 6.61 Å². The molecule has 0 radical (unpaired) electrons. The van der Waals surface area contributed by atoms with Crippen LogP contribution in [0.25, 0.3) is 0 Å². The van der Waals surface area contributed by atoms with Gasteiger partial charge < -0.3 is 4.74 Å². The monoisotopic (exact) mass is 230 g/mol. The van der Waals surface area contributed by atoms with Gasteiger partial charge in [-0.1, -0.05) is 17.7 Å². The van der Waals surface area contributed by atoms with Gasteiger partial charge in [-0.15, -0.1) is 0 Å². The first kappa shape index (κ1) is 12.1. The molecule has 0 fully saturated rings. The zero-order chi connectivity index (χ0) is 11.4. The Morgan fingerprint density at radius 2 is 2.20 bits per heavy atom. The minimum atomic E-state index is -0.684. The van der Waals surface area contributed by atoms with Crippen LogP contribution in [0.5, 0.6) is 0 Å². The van der Waals surface area contributed by atoms with E-state index in [-0.39, 0.29) is 23.3 Å². The van der Waals surface area contributed by atoms with E-state index >= 15 is 0 Å². The number of carbonyl (C=O) groups is 1. The number of ether oxygens (including phenoxy) is 1. The lowest BCUT2D eigenvalue weighted by Gasteiger charge is -2.07. The van der Waals surface area contributed by atoms with E-state index in [2.05, 4.69) is 0 Å². The Bertz CT molecular complexity index is 364. The SMILES string of the molecule is CC(C)OCC(=O)c1cccc(Cl)c1F. The largest absolute Gasteiger partial charge is 0.371 e. The van der Waals surface area contributed by atoms with Crippen LogP contribution in [0, 0.1) is 5.82 Å². The molecule has 0 saturated heterocycles. The standard InChI is InChI=1S/C11H12ClFO2/c1-7(2)15-6-10(14)8-4-3-5-9(12)11(8)13/h3-5,7H,6H2,1-2H3. The number of carbonyl (C=O) groups excluding carboxylic acids is 1. The van der Waals surface area contributed by atoms with Crippen molar-refractivity contribution in [1.29, 1.82) is 0 Å². The number of benzene rings is 1. The fraction of sp³-hybridized carbons (Fsp3) is 0.364. The van der Waals surface area contributed by atoms with Crippen LogP contribution in [-0.4, -0.2) is 18.5 Å². The maximum absolute atomic E-state index is 13.4. The molecule has 15 heavy (non-hydrogen) atoms. The predicted octanol–water partition coefficient (Wildman–Crippen LogP) is 3.09. The molecule has 0 aliphatic carbocycles. The van der Waals surface area contributed by atoms with Crippen molar-refractivity contribution in [1.82, 2.24) is 0 Å². The molecule has 0 aliphatic rings. The maximum atomic E-state index is 13.4. The van der Waals surface area contributed by atoms with E-state index in [9.17, 15) is 9.18 Å². The smallest absolute Gasteiger partial charge is 0.191 e. The number of hydrogen-bond acceptors (Lipinski definition) is 2. The summed E-state index contributed by atoms with van der Waals surface area (Å²) in [4.78, 5) is 11.5. The highest BCUT2D eigenvalue weighted by atomic mass is 35.5. The quantitative estimate of drug-likeness (QED) is 0.743. The molecule has 0 heterocycles. The maximum Gasteiger partial charge on any atom is 0.191 e. The second kappa shape index (κ2) is 5.24. The molecule has 0 spiro atoms. The van der Waals surface area contributed by atoms with Crippen LogP contribution in [0.4, 0.5) is 4.39 Å². The van der Waals surface area contributed by atoms with E-state index in [1.54, 1.807) is 0 Å². The zero-order valence-corrected chi connectivity index (χ0v) is 9.34. The molecule has 82 valence electrons. The number of rotatable bonds is 4. The van der Waals surface area contributed by atoms with Crippen LogP contribution in [0.3, 0.4) is 0 Å². The highest BCUT2D eigenvalue weighted by Gasteiger charge is 2.14. The summed E-state index contributed by atoms with van der Waals surface area (Å²) >= 11 is 5.55. The molecular weight excluding hydrogens is 219 g/mol. The van der Waals surface area contributed by atoms with Crippen LogP contribution >= 0.6 is 11.6 Å². The van der Waals surface area contributed by atoms with Gasteiger partial charge in [-0.3, -0.25) is 4.79 Å². The third kappa shape index (κ3) is 3.29. The van der Waals surface area contributed by atoms with Gasteiger partial charge in [0.1, 0.15) is 6.61 Å². The van der Waals surface area contributed by atoms with Crippen LogP contribution < -0.4 is 0 Å². The number of hydrogen-bond donors (Lipinski definition) is 0. The molecule has 4 heteroatoms. The van der Waals surface area contributed by atoms with Crippen molar-refractivity contribution in [3.63, 3.8) is 0 Å². The van der Waals surface area contributed by atoms with Crippen LogP contribution in [0.2, 0.25) is 5.02 Å². The molecule has 2 nitrogen and oxygen atoms in total. The average molecular weight is 231 g/mol. The molecule has 0 unspecified atom stereocenters. The molecule has 0 amide bonds. The van der Waals surface area contributed by atoms with Gasteiger partial charge in [0, 0.05) is 0 Å². The van der Waals surface area contributed by atoms with E-state index in [0.717, 1.165) is 0 Å².